The van der Waals surface area contributed by atoms with Crippen molar-refractivity contribution in [2.45, 2.75) is 19.3 Å². The fourth-order valence-electron chi connectivity index (χ4n) is 5.52. The van der Waals surface area contributed by atoms with Crippen LogP contribution >= 0.6 is 0 Å². The lowest BCUT2D eigenvalue weighted by molar-refractivity contribution is 0.426. The summed E-state index contributed by atoms with van der Waals surface area (Å²) in [5.74, 6) is 0. The minimum absolute atomic E-state index is 0.0501. The molecule has 1 aliphatic carbocycles. The summed E-state index contributed by atoms with van der Waals surface area (Å²) in [4.78, 5) is 2.22. The van der Waals surface area contributed by atoms with Crippen molar-refractivity contribution in [3.8, 4) is 22.3 Å². The maximum absolute atomic E-state index is 9.62. The smallest absolute Gasteiger partial charge is 0.423 e. The first-order valence-corrected chi connectivity index (χ1v) is 12.6. The summed E-state index contributed by atoms with van der Waals surface area (Å²) in [6, 6.07) is 41.7. The normalized spacial score (nSPS) is 13.1. The van der Waals surface area contributed by atoms with Gasteiger partial charge in [-0.15, -0.1) is 0 Å². The van der Waals surface area contributed by atoms with Gasteiger partial charge < -0.3 is 14.9 Å². The zero-order valence-corrected chi connectivity index (χ0v) is 21.0. The molecule has 2 N–H and O–H groups in total. The van der Waals surface area contributed by atoms with E-state index >= 15 is 0 Å². The molecule has 0 fully saturated rings. The van der Waals surface area contributed by atoms with Gasteiger partial charge in [0.15, 0.2) is 0 Å². The van der Waals surface area contributed by atoms with Crippen molar-refractivity contribution < 1.29 is 10.0 Å². The van der Waals surface area contributed by atoms with Crippen LogP contribution in [-0.4, -0.2) is 17.2 Å². The Kier molecular flexibility index (Phi) is 5.71. The van der Waals surface area contributed by atoms with E-state index in [-0.39, 0.29) is 5.41 Å². The van der Waals surface area contributed by atoms with Crippen molar-refractivity contribution >= 4 is 29.6 Å². The molecule has 6 rings (SSSR count). The van der Waals surface area contributed by atoms with Gasteiger partial charge in [0.05, 0.1) is 0 Å². The lowest BCUT2D eigenvalue weighted by Crippen LogP contribution is -2.29. The van der Waals surface area contributed by atoms with E-state index in [9.17, 15) is 10.0 Å². The Morgan fingerprint density at radius 2 is 1.08 bits per heavy atom. The molecule has 0 atom stereocenters. The van der Waals surface area contributed by atoms with Gasteiger partial charge in [-0.3, -0.25) is 0 Å². The summed E-state index contributed by atoms with van der Waals surface area (Å²) in [7, 11) is -1.49. The van der Waals surface area contributed by atoms with Gasteiger partial charge in [0.2, 0.25) is 0 Å². The molecule has 0 aromatic heterocycles. The monoisotopic (exact) mass is 481 g/mol. The Morgan fingerprint density at radius 3 is 1.76 bits per heavy atom. The third-order valence-electron chi connectivity index (χ3n) is 7.51. The Hall–Kier alpha value is -4.12. The summed E-state index contributed by atoms with van der Waals surface area (Å²) < 4.78 is 0. The highest BCUT2D eigenvalue weighted by Crippen LogP contribution is 2.50. The van der Waals surface area contributed by atoms with Crippen LogP contribution in [-0.2, 0) is 5.41 Å². The molecular formula is C33H28BNO2. The van der Waals surface area contributed by atoms with Crippen LogP contribution in [0.4, 0.5) is 17.1 Å². The molecule has 0 bridgehead atoms. The van der Waals surface area contributed by atoms with Crippen LogP contribution in [0.25, 0.3) is 22.3 Å². The molecule has 5 aromatic rings. The second kappa shape index (κ2) is 9.08. The molecule has 1 aliphatic rings. The summed E-state index contributed by atoms with van der Waals surface area (Å²) in [5, 5.41) is 19.2. The van der Waals surface area contributed by atoms with Gasteiger partial charge in [-0.2, -0.15) is 0 Å². The van der Waals surface area contributed by atoms with Crippen molar-refractivity contribution in [1.29, 1.82) is 0 Å². The maximum atomic E-state index is 9.62. The minimum Gasteiger partial charge on any atom is -0.423 e. The van der Waals surface area contributed by atoms with Gasteiger partial charge >= 0.3 is 7.12 Å². The Morgan fingerprint density at radius 1 is 0.541 bits per heavy atom. The highest BCUT2D eigenvalue weighted by molar-refractivity contribution is 6.58. The van der Waals surface area contributed by atoms with Gasteiger partial charge in [-0.25, -0.2) is 0 Å². The molecule has 0 heterocycles. The van der Waals surface area contributed by atoms with Crippen LogP contribution in [0.5, 0.6) is 0 Å². The fourth-order valence-corrected chi connectivity index (χ4v) is 5.52. The van der Waals surface area contributed by atoms with E-state index in [4.69, 9.17) is 0 Å². The first-order valence-electron chi connectivity index (χ1n) is 12.6. The van der Waals surface area contributed by atoms with Crippen LogP contribution < -0.4 is 10.4 Å². The Labute approximate surface area is 218 Å². The predicted octanol–water partition coefficient (Wildman–Crippen LogP) is 6.81. The molecule has 3 nitrogen and oxygen atoms in total. The molecule has 0 aliphatic heterocycles. The number of hydrogen-bond acceptors (Lipinski definition) is 3. The van der Waals surface area contributed by atoms with Crippen LogP contribution in [0.1, 0.15) is 25.0 Å². The third kappa shape index (κ3) is 4.05. The van der Waals surface area contributed by atoms with Crippen molar-refractivity contribution in [3.05, 3.63) is 132 Å². The number of fused-ring (bicyclic) bond motifs is 3. The number of nitrogens with zero attached hydrogens (tertiary/aromatic N) is 1. The van der Waals surface area contributed by atoms with Gasteiger partial charge in [-0.05, 0) is 75.2 Å². The zero-order valence-electron chi connectivity index (χ0n) is 21.0. The molecule has 0 saturated carbocycles. The highest BCUT2D eigenvalue weighted by Gasteiger charge is 2.35. The largest absolute Gasteiger partial charge is 0.488 e. The SMILES string of the molecule is CC1(C)c2ccccc2-c2cc(N(c3ccc(B(O)O)cc3)c3ccc(-c4ccccc4)cc3)ccc21. The summed E-state index contributed by atoms with van der Waals surface area (Å²) >= 11 is 0. The predicted molar refractivity (Wildman–Crippen MR) is 154 cm³/mol. The standard InChI is InChI=1S/C33H28BNO2/c1-33(2)31-11-7-6-10-29(31)30-22-28(20-21-32(30)33)35(27-18-14-25(15-19-27)34(36)37)26-16-12-24(13-17-26)23-8-4-3-5-9-23/h3-22,36-37H,1-2H3. The molecule has 5 aromatic carbocycles. The molecule has 0 radical (unpaired) electrons. The van der Waals surface area contributed by atoms with Gasteiger partial charge in [0, 0.05) is 22.5 Å². The van der Waals surface area contributed by atoms with Crippen molar-refractivity contribution in [1.82, 2.24) is 0 Å². The van der Waals surface area contributed by atoms with E-state index in [1.807, 2.05) is 18.2 Å². The topological polar surface area (TPSA) is 43.7 Å². The van der Waals surface area contributed by atoms with Crippen LogP contribution in [0.15, 0.2) is 121 Å². The number of rotatable bonds is 5. The van der Waals surface area contributed by atoms with Crippen molar-refractivity contribution in [3.63, 3.8) is 0 Å². The maximum Gasteiger partial charge on any atom is 0.488 e. The highest BCUT2D eigenvalue weighted by atomic mass is 16.4. The average Bonchev–Trinajstić information content (AvgIpc) is 3.16. The second-order valence-electron chi connectivity index (χ2n) is 10.1. The first kappa shape index (κ1) is 23.3. The van der Waals surface area contributed by atoms with E-state index < -0.39 is 7.12 Å². The number of hydrogen-bond donors (Lipinski definition) is 2. The van der Waals surface area contributed by atoms with Crippen LogP contribution in [0, 0.1) is 0 Å². The fraction of sp³-hybridized carbons (Fsp3) is 0.0909. The third-order valence-corrected chi connectivity index (χ3v) is 7.51. The van der Waals surface area contributed by atoms with Crippen molar-refractivity contribution in [2.24, 2.45) is 0 Å². The number of anilines is 3. The van der Waals surface area contributed by atoms with E-state index in [0.29, 0.717) is 5.46 Å². The molecular weight excluding hydrogens is 453 g/mol. The number of benzene rings is 5. The van der Waals surface area contributed by atoms with E-state index in [1.165, 1.54) is 27.8 Å². The molecule has 180 valence electrons. The zero-order chi connectivity index (χ0) is 25.6. The summed E-state index contributed by atoms with van der Waals surface area (Å²) in [6.07, 6.45) is 0. The molecule has 37 heavy (non-hydrogen) atoms. The van der Waals surface area contributed by atoms with Crippen LogP contribution in [0.3, 0.4) is 0 Å². The second-order valence-corrected chi connectivity index (χ2v) is 10.1. The quantitative estimate of drug-likeness (QED) is 0.271. The molecule has 0 spiro atoms. The molecule has 0 unspecified atom stereocenters. The van der Waals surface area contributed by atoms with E-state index in [0.717, 1.165) is 22.6 Å². The van der Waals surface area contributed by atoms with E-state index in [2.05, 4.69) is 110 Å². The minimum atomic E-state index is -1.49. The summed E-state index contributed by atoms with van der Waals surface area (Å²) in [5.41, 5.74) is 11.0. The molecule has 0 saturated heterocycles. The molecule has 0 amide bonds. The van der Waals surface area contributed by atoms with E-state index in [1.54, 1.807) is 12.1 Å². The lowest BCUT2D eigenvalue weighted by Gasteiger charge is -2.27. The average molecular weight is 481 g/mol. The lowest BCUT2D eigenvalue weighted by atomic mass is 9.80. The van der Waals surface area contributed by atoms with Gasteiger partial charge in [0.1, 0.15) is 0 Å². The summed E-state index contributed by atoms with van der Waals surface area (Å²) in [6.45, 7) is 4.58. The van der Waals surface area contributed by atoms with Gasteiger partial charge in [0.25, 0.3) is 0 Å². The van der Waals surface area contributed by atoms with Crippen molar-refractivity contribution in [2.75, 3.05) is 4.90 Å². The van der Waals surface area contributed by atoms with Gasteiger partial charge in [-0.1, -0.05) is 98.8 Å². The van der Waals surface area contributed by atoms with Crippen LogP contribution in [0.2, 0.25) is 0 Å². The Balaban J connectivity index is 1.48. The first-order chi connectivity index (χ1) is 17.9. The molecule has 4 heteroatoms. The Bertz CT molecular complexity index is 1560.